The van der Waals surface area contributed by atoms with Crippen LogP contribution in [-0.2, 0) is 4.74 Å². The largest absolute Gasteiger partial charge is 0.546 e. The predicted octanol–water partition coefficient (Wildman–Crippen LogP) is 2.30. The highest BCUT2D eigenvalue weighted by atomic mass is 19.4. The molecule has 0 amide bonds. The van der Waals surface area contributed by atoms with E-state index in [1.807, 2.05) is 0 Å². The molecule has 0 aliphatic heterocycles. The summed E-state index contributed by atoms with van der Waals surface area (Å²) in [6.07, 6.45) is -11.7. The van der Waals surface area contributed by atoms with Crippen LogP contribution in [0.25, 0.3) is 0 Å². The number of carboxylic acid groups (broad SMARTS) is 1. The molecule has 114 valence electrons. The number of halogens is 8. The second kappa shape index (κ2) is 5.37. The Bertz CT molecular complexity index is 330. The van der Waals surface area contributed by atoms with Crippen LogP contribution in [0.3, 0.4) is 0 Å². The van der Waals surface area contributed by atoms with Gasteiger partial charge in [0.2, 0.25) is 0 Å². The van der Waals surface area contributed by atoms with Gasteiger partial charge < -0.3 is 14.6 Å². The first-order valence-electron chi connectivity index (χ1n) is 4.55. The highest BCUT2D eigenvalue weighted by molar-refractivity contribution is 5.54. The smallest absolute Gasteiger partial charge is 0.377 e. The van der Waals surface area contributed by atoms with Gasteiger partial charge in [0, 0.05) is 12.5 Å². The zero-order valence-electron chi connectivity index (χ0n) is 9.11. The average molecular weight is 303 g/mol. The molecule has 0 aromatic carbocycles. The first-order valence-corrected chi connectivity index (χ1v) is 4.55. The third-order valence-corrected chi connectivity index (χ3v) is 1.99. The van der Waals surface area contributed by atoms with Crippen molar-refractivity contribution in [2.24, 2.45) is 0 Å². The molecule has 0 aliphatic carbocycles. The van der Waals surface area contributed by atoms with Gasteiger partial charge in [-0.25, -0.2) is 8.78 Å². The van der Waals surface area contributed by atoms with E-state index in [4.69, 9.17) is 0 Å². The van der Waals surface area contributed by atoms with Crippen molar-refractivity contribution in [1.82, 2.24) is 0 Å². The molecule has 0 aromatic heterocycles. The van der Waals surface area contributed by atoms with Crippen LogP contribution in [0.2, 0.25) is 0 Å². The van der Waals surface area contributed by atoms with Crippen molar-refractivity contribution in [3.63, 3.8) is 0 Å². The Balaban J connectivity index is 5.12. The molecule has 0 heterocycles. The zero-order chi connectivity index (χ0) is 15.6. The van der Waals surface area contributed by atoms with Crippen LogP contribution >= 0.6 is 0 Å². The van der Waals surface area contributed by atoms with E-state index in [1.54, 1.807) is 0 Å². The van der Waals surface area contributed by atoms with Gasteiger partial charge in [-0.3, -0.25) is 0 Å². The quantitative estimate of drug-likeness (QED) is 0.559. The lowest BCUT2D eigenvalue weighted by Gasteiger charge is -2.34. The molecule has 0 spiro atoms. The molecule has 0 aromatic rings. The van der Waals surface area contributed by atoms with E-state index in [1.165, 1.54) is 0 Å². The topological polar surface area (TPSA) is 49.4 Å². The monoisotopic (exact) mass is 303 g/mol. The Morgan fingerprint density at radius 3 is 1.89 bits per heavy atom. The molecule has 0 radical (unpaired) electrons. The first kappa shape index (κ1) is 17.7. The number of rotatable bonds is 6. The van der Waals surface area contributed by atoms with Gasteiger partial charge in [0.1, 0.15) is 0 Å². The van der Waals surface area contributed by atoms with Crippen LogP contribution < -0.4 is 5.11 Å². The van der Waals surface area contributed by atoms with Gasteiger partial charge in [0.25, 0.3) is 6.16 Å². The molecule has 1 atom stereocenters. The molecule has 0 bridgehead atoms. The molecule has 19 heavy (non-hydrogen) atoms. The molecule has 0 fully saturated rings. The number of ether oxygens (including phenoxy) is 1. The minimum absolute atomic E-state index is 0.542. The SMILES string of the molecule is CC(CC(F)(F)C(F)(F)C(F)(F)C(F)F)OC(=O)[O-]. The normalized spacial score (nSPS) is 15.5. The van der Waals surface area contributed by atoms with Crippen LogP contribution in [0.15, 0.2) is 0 Å². The Morgan fingerprint density at radius 1 is 1.16 bits per heavy atom. The number of carbonyl (C=O) groups is 1. The van der Waals surface area contributed by atoms with E-state index in [2.05, 4.69) is 4.74 Å². The lowest BCUT2D eigenvalue weighted by Crippen LogP contribution is -2.58. The van der Waals surface area contributed by atoms with Gasteiger partial charge in [-0.1, -0.05) is 0 Å². The summed E-state index contributed by atoms with van der Waals surface area (Å²) in [5, 5.41) is 9.82. The fourth-order valence-electron chi connectivity index (χ4n) is 1.08. The number of carbonyl (C=O) groups excluding carboxylic acids is 1. The molecular formula is C8H7F8O3-. The molecule has 0 saturated carbocycles. The van der Waals surface area contributed by atoms with Crippen molar-refractivity contribution < 1.29 is 49.8 Å². The van der Waals surface area contributed by atoms with Gasteiger partial charge in [-0.05, 0) is 6.92 Å². The number of hydrogen-bond donors (Lipinski definition) is 0. The molecule has 11 heteroatoms. The standard InChI is InChI=1S/C8H8F8O3/c1-3(19-5(17)18)2-6(11,12)8(15,16)7(13,14)4(9)10/h3-4H,2H2,1H3,(H,17,18)/p-1. The summed E-state index contributed by atoms with van der Waals surface area (Å²) in [7, 11) is 0. The third kappa shape index (κ3) is 3.60. The van der Waals surface area contributed by atoms with Gasteiger partial charge in [0.15, 0.2) is 0 Å². The maximum Gasteiger partial charge on any atom is 0.377 e. The van der Waals surface area contributed by atoms with Crippen LogP contribution in [-0.4, -0.2) is 36.5 Å². The van der Waals surface area contributed by atoms with E-state index in [-0.39, 0.29) is 0 Å². The van der Waals surface area contributed by atoms with E-state index in [0.717, 1.165) is 0 Å². The zero-order valence-corrected chi connectivity index (χ0v) is 9.11. The maximum absolute atomic E-state index is 12.9. The second-order valence-electron chi connectivity index (χ2n) is 3.59. The fourth-order valence-corrected chi connectivity index (χ4v) is 1.08. The van der Waals surface area contributed by atoms with Crippen LogP contribution in [0.1, 0.15) is 13.3 Å². The van der Waals surface area contributed by atoms with Crippen molar-refractivity contribution in [1.29, 1.82) is 0 Å². The van der Waals surface area contributed by atoms with Crippen LogP contribution in [0.4, 0.5) is 39.9 Å². The van der Waals surface area contributed by atoms with Gasteiger partial charge in [-0.15, -0.1) is 0 Å². The lowest BCUT2D eigenvalue weighted by atomic mass is 9.99. The molecule has 0 rings (SSSR count). The van der Waals surface area contributed by atoms with Gasteiger partial charge in [0.05, 0.1) is 0 Å². The minimum atomic E-state index is -6.38. The van der Waals surface area contributed by atoms with Gasteiger partial charge in [-0.2, -0.15) is 26.3 Å². The number of hydrogen-bond acceptors (Lipinski definition) is 3. The lowest BCUT2D eigenvalue weighted by molar-refractivity contribution is -0.344. The molecule has 0 saturated heterocycles. The number of alkyl halides is 8. The van der Waals surface area contributed by atoms with E-state index in [0.29, 0.717) is 6.92 Å². The third-order valence-electron chi connectivity index (χ3n) is 1.99. The summed E-state index contributed by atoms with van der Waals surface area (Å²) >= 11 is 0. The summed E-state index contributed by atoms with van der Waals surface area (Å²) in [6, 6.07) is 0. The van der Waals surface area contributed by atoms with Crippen LogP contribution in [0, 0.1) is 0 Å². The highest BCUT2D eigenvalue weighted by Crippen LogP contribution is 2.50. The summed E-state index contributed by atoms with van der Waals surface area (Å²) in [5.41, 5.74) is 0. The van der Waals surface area contributed by atoms with E-state index in [9.17, 15) is 45.0 Å². The Labute approximate surface area is 101 Å². The van der Waals surface area contributed by atoms with Crippen molar-refractivity contribution >= 4 is 6.16 Å². The Hall–Kier alpha value is -1.29. The second-order valence-corrected chi connectivity index (χ2v) is 3.59. The summed E-state index contributed by atoms with van der Waals surface area (Å²) < 4.78 is 103. The average Bonchev–Trinajstić information content (AvgIpc) is 2.13. The Kier molecular flexibility index (Phi) is 5.01. The Morgan fingerprint density at radius 2 is 1.58 bits per heavy atom. The predicted molar refractivity (Wildman–Crippen MR) is 41.4 cm³/mol. The van der Waals surface area contributed by atoms with Crippen molar-refractivity contribution in [2.75, 3.05) is 0 Å². The summed E-state index contributed by atoms with van der Waals surface area (Å²) in [4.78, 5) is 9.82. The van der Waals surface area contributed by atoms with Gasteiger partial charge >= 0.3 is 24.2 Å². The van der Waals surface area contributed by atoms with Crippen molar-refractivity contribution in [3.8, 4) is 0 Å². The molecular weight excluding hydrogens is 296 g/mol. The summed E-state index contributed by atoms with van der Waals surface area (Å²) in [5.74, 6) is -18.3. The van der Waals surface area contributed by atoms with E-state index >= 15 is 0 Å². The molecule has 0 N–H and O–H groups in total. The summed E-state index contributed by atoms with van der Waals surface area (Å²) in [6.45, 7) is 0.542. The first-order chi connectivity index (χ1) is 8.25. The van der Waals surface area contributed by atoms with Crippen molar-refractivity contribution in [3.05, 3.63) is 0 Å². The minimum Gasteiger partial charge on any atom is -0.546 e. The molecule has 0 aliphatic rings. The fraction of sp³-hybridized carbons (Fsp3) is 0.875. The molecule has 3 nitrogen and oxygen atoms in total. The maximum atomic E-state index is 12.9. The van der Waals surface area contributed by atoms with E-state index < -0.39 is 42.9 Å². The molecule has 1 unspecified atom stereocenters. The van der Waals surface area contributed by atoms with Crippen molar-refractivity contribution in [2.45, 2.75) is 43.6 Å². The highest BCUT2D eigenvalue weighted by Gasteiger charge is 2.75. The van der Waals surface area contributed by atoms with Crippen LogP contribution in [0.5, 0.6) is 0 Å².